The zero-order valence-corrected chi connectivity index (χ0v) is 10.5. The normalized spacial score (nSPS) is 13.8. The monoisotopic (exact) mass is 232 g/mol. The van der Waals surface area contributed by atoms with E-state index in [1.807, 2.05) is 12.1 Å². The van der Waals surface area contributed by atoms with Crippen LogP contribution in [-0.2, 0) is 13.1 Å². The Kier molecular flexibility index (Phi) is 3.79. The summed E-state index contributed by atoms with van der Waals surface area (Å²) in [4.78, 5) is 12.0. The Balaban J connectivity index is 2.09. The minimum Gasteiger partial charge on any atom is -0.349 e. The summed E-state index contributed by atoms with van der Waals surface area (Å²) in [6, 6.07) is 6.27. The van der Waals surface area contributed by atoms with Gasteiger partial charge in [-0.2, -0.15) is 0 Å². The van der Waals surface area contributed by atoms with E-state index in [-0.39, 0.29) is 11.9 Å². The highest BCUT2D eigenvalue weighted by Gasteiger charge is 2.14. The van der Waals surface area contributed by atoms with Crippen molar-refractivity contribution in [1.82, 2.24) is 10.6 Å². The van der Waals surface area contributed by atoms with E-state index >= 15 is 0 Å². The zero-order valence-electron chi connectivity index (χ0n) is 10.5. The molecule has 0 bridgehead atoms. The average molecular weight is 232 g/mol. The zero-order chi connectivity index (χ0) is 12.3. The fourth-order valence-electron chi connectivity index (χ4n) is 2.20. The molecule has 0 aromatic heterocycles. The second-order valence-electron chi connectivity index (χ2n) is 4.57. The first kappa shape index (κ1) is 12.1. The van der Waals surface area contributed by atoms with Gasteiger partial charge in [-0.05, 0) is 36.1 Å². The van der Waals surface area contributed by atoms with Crippen molar-refractivity contribution in [2.45, 2.75) is 45.8 Å². The quantitative estimate of drug-likeness (QED) is 0.835. The van der Waals surface area contributed by atoms with Crippen LogP contribution in [0.3, 0.4) is 0 Å². The van der Waals surface area contributed by atoms with E-state index in [0.717, 1.165) is 31.5 Å². The Morgan fingerprint density at radius 1 is 1.29 bits per heavy atom. The van der Waals surface area contributed by atoms with Gasteiger partial charge in [0.25, 0.3) is 5.91 Å². The van der Waals surface area contributed by atoms with E-state index in [1.54, 1.807) is 0 Å². The molecule has 0 saturated carbocycles. The Morgan fingerprint density at radius 2 is 2.00 bits per heavy atom. The first-order valence-corrected chi connectivity index (χ1v) is 6.38. The summed E-state index contributed by atoms with van der Waals surface area (Å²) >= 11 is 0. The number of nitrogens with one attached hydrogen (secondary N) is 2. The molecule has 0 spiro atoms. The summed E-state index contributed by atoms with van der Waals surface area (Å²) in [6.07, 6.45) is 1.96. The van der Waals surface area contributed by atoms with Crippen LogP contribution in [0.1, 0.15) is 48.2 Å². The van der Waals surface area contributed by atoms with E-state index < -0.39 is 0 Å². The van der Waals surface area contributed by atoms with Crippen LogP contribution in [0.5, 0.6) is 0 Å². The van der Waals surface area contributed by atoms with Gasteiger partial charge in [-0.25, -0.2) is 0 Å². The lowest BCUT2D eigenvalue weighted by Crippen LogP contribution is -2.33. The predicted octanol–water partition coefficient (Wildman–Crippen LogP) is 2.21. The number of fused-ring (bicyclic) bond motifs is 1. The number of benzene rings is 1. The molecule has 1 amide bonds. The van der Waals surface area contributed by atoms with Crippen molar-refractivity contribution in [2.24, 2.45) is 0 Å². The SMILES string of the molecule is CCC(CC)NC(=O)c1ccc2c(c1)CNC2. The third-order valence-electron chi connectivity index (χ3n) is 3.42. The predicted molar refractivity (Wildman–Crippen MR) is 68.8 cm³/mol. The molecule has 3 heteroatoms. The van der Waals surface area contributed by atoms with Crippen LogP contribution in [0, 0.1) is 0 Å². The third-order valence-corrected chi connectivity index (χ3v) is 3.42. The van der Waals surface area contributed by atoms with Crippen molar-refractivity contribution in [1.29, 1.82) is 0 Å². The first-order valence-electron chi connectivity index (χ1n) is 6.38. The van der Waals surface area contributed by atoms with Gasteiger partial charge in [0, 0.05) is 24.7 Å². The number of rotatable bonds is 4. The van der Waals surface area contributed by atoms with Crippen LogP contribution in [0.2, 0.25) is 0 Å². The van der Waals surface area contributed by atoms with E-state index in [1.165, 1.54) is 11.1 Å². The van der Waals surface area contributed by atoms with E-state index in [9.17, 15) is 4.79 Å². The molecule has 1 heterocycles. The van der Waals surface area contributed by atoms with Gasteiger partial charge in [0.05, 0.1) is 0 Å². The minimum absolute atomic E-state index is 0.0494. The highest BCUT2D eigenvalue weighted by molar-refractivity contribution is 5.94. The second-order valence-corrected chi connectivity index (χ2v) is 4.57. The van der Waals surface area contributed by atoms with Crippen LogP contribution in [-0.4, -0.2) is 11.9 Å². The number of carbonyl (C=O) groups excluding carboxylic acids is 1. The van der Waals surface area contributed by atoms with Gasteiger partial charge in [-0.3, -0.25) is 4.79 Å². The Morgan fingerprint density at radius 3 is 2.71 bits per heavy atom. The molecule has 17 heavy (non-hydrogen) atoms. The molecular formula is C14H20N2O. The first-order chi connectivity index (χ1) is 8.24. The molecular weight excluding hydrogens is 212 g/mol. The highest BCUT2D eigenvalue weighted by Crippen LogP contribution is 2.17. The van der Waals surface area contributed by atoms with Crippen LogP contribution in [0.15, 0.2) is 18.2 Å². The van der Waals surface area contributed by atoms with Gasteiger partial charge < -0.3 is 10.6 Å². The van der Waals surface area contributed by atoms with Gasteiger partial charge in [-0.15, -0.1) is 0 Å². The molecule has 1 aliphatic rings. The number of hydrogen-bond acceptors (Lipinski definition) is 2. The summed E-state index contributed by atoms with van der Waals surface area (Å²) in [6.45, 7) is 5.99. The fraction of sp³-hybridized carbons (Fsp3) is 0.500. The number of hydrogen-bond donors (Lipinski definition) is 2. The van der Waals surface area contributed by atoms with E-state index in [4.69, 9.17) is 0 Å². The molecule has 92 valence electrons. The maximum Gasteiger partial charge on any atom is 0.251 e. The van der Waals surface area contributed by atoms with E-state index in [2.05, 4.69) is 30.5 Å². The molecule has 1 aliphatic heterocycles. The Labute approximate surface area is 103 Å². The minimum atomic E-state index is 0.0494. The lowest BCUT2D eigenvalue weighted by atomic mass is 10.1. The van der Waals surface area contributed by atoms with Crippen molar-refractivity contribution in [3.63, 3.8) is 0 Å². The molecule has 1 aromatic carbocycles. The second kappa shape index (κ2) is 5.32. The Hall–Kier alpha value is -1.35. The molecule has 2 N–H and O–H groups in total. The van der Waals surface area contributed by atoms with Crippen LogP contribution in [0.4, 0.5) is 0 Å². The summed E-state index contributed by atoms with van der Waals surface area (Å²) in [5.74, 6) is 0.0494. The molecule has 1 aromatic rings. The van der Waals surface area contributed by atoms with Crippen LogP contribution < -0.4 is 10.6 Å². The smallest absolute Gasteiger partial charge is 0.251 e. The van der Waals surface area contributed by atoms with Crippen molar-refractivity contribution in [3.8, 4) is 0 Å². The highest BCUT2D eigenvalue weighted by atomic mass is 16.1. The standard InChI is InChI=1S/C14H20N2O/c1-3-13(4-2)16-14(17)10-5-6-11-8-15-9-12(11)7-10/h5-7,13,15H,3-4,8-9H2,1-2H3,(H,16,17). The summed E-state index contributed by atoms with van der Waals surface area (Å²) in [5.41, 5.74) is 3.34. The topological polar surface area (TPSA) is 41.1 Å². The molecule has 2 rings (SSSR count). The summed E-state index contributed by atoms with van der Waals surface area (Å²) < 4.78 is 0. The van der Waals surface area contributed by atoms with Crippen molar-refractivity contribution in [3.05, 3.63) is 34.9 Å². The molecule has 0 aliphatic carbocycles. The molecule has 0 radical (unpaired) electrons. The van der Waals surface area contributed by atoms with Gasteiger partial charge in [0.15, 0.2) is 0 Å². The largest absolute Gasteiger partial charge is 0.349 e. The van der Waals surface area contributed by atoms with Crippen molar-refractivity contribution >= 4 is 5.91 Å². The van der Waals surface area contributed by atoms with Gasteiger partial charge in [-0.1, -0.05) is 19.9 Å². The van der Waals surface area contributed by atoms with Crippen LogP contribution >= 0.6 is 0 Å². The fourth-order valence-corrected chi connectivity index (χ4v) is 2.20. The number of carbonyl (C=O) groups is 1. The van der Waals surface area contributed by atoms with Crippen molar-refractivity contribution < 1.29 is 4.79 Å². The maximum absolute atomic E-state index is 12.0. The van der Waals surface area contributed by atoms with E-state index in [0.29, 0.717) is 0 Å². The van der Waals surface area contributed by atoms with Crippen LogP contribution in [0.25, 0.3) is 0 Å². The molecule has 0 fully saturated rings. The summed E-state index contributed by atoms with van der Waals surface area (Å²) in [7, 11) is 0. The molecule has 0 atom stereocenters. The lowest BCUT2D eigenvalue weighted by Gasteiger charge is -2.15. The van der Waals surface area contributed by atoms with Gasteiger partial charge in [0.2, 0.25) is 0 Å². The summed E-state index contributed by atoms with van der Waals surface area (Å²) in [5, 5.41) is 6.35. The molecule has 3 nitrogen and oxygen atoms in total. The molecule has 0 saturated heterocycles. The number of amides is 1. The Bertz CT molecular complexity index is 411. The maximum atomic E-state index is 12.0. The van der Waals surface area contributed by atoms with Crippen molar-refractivity contribution in [2.75, 3.05) is 0 Å². The average Bonchev–Trinajstić information content (AvgIpc) is 2.82. The molecule has 0 unspecified atom stereocenters. The third kappa shape index (κ3) is 2.67. The van der Waals surface area contributed by atoms with Gasteiger partial charge >= 0.3 is 0 Å². The lowest BCUT2D eigenvalue weighted by molar-refractivity contribution is 0.0935. The van der Waals surface area contributed by atoms with Gasteiger partial charge in [0.1, 0.15) is 0 Å².